The molecule has 0 saturated heterocycles. The molecule has 0 saturated carbocycles. The Kier molecular flexibility index (Phi) is 8.49. The molecular formula is C29H28ILiO. The van der Waals surface area contributed by atoms with Crippen LogP contribution in [-0.4, -0.2) is 23.8 Å². The zero-order valence-corrected chi connectivity index (χ0v) is 20.8. The molecule has 2 atom stereocenters. The summed E-state index contributed by atoms with van der Waals surface area (Å²) in [5.74, 6) is 0.650. The molecular weight excluding hydrogens is 498 g/mol. The van der Waals surface area contributed by atoms with Gasteiger partial charge in [-0.1, -0.05) is 0 Å². The van der Waals surface area contributed by atoms with Crippen LogP contribution in [0.1, 0.15) is 42.4 Å². The number of hydrogen-bond donors (Lipinski definition) is 0. The van der Waals surface area contributed by atoms with Crippen molar-refractivity contribution in [3.63, 3.8) is 0 Å². The topological polar surface area (TPSA) is 9.23 Å². The summed E-state index contributed by atoms with van der Waals surface area (Å²) in [5.41, 5.74) is 2.79. The van der Waals surface area contributed by atoms with Gasteiger partial charge in [-0.15, -0.1) is 0 Å². The molecule has 0 bridgehead atoms. The number of benzene rings is 3. The summed E-state index contributed by atoms with van der Waals surface area (Å²) < 4.78 is 8.57. The van der Waals surface area contributed by atoms with Gasteiger partial charge in [0, 0.05) is 0 Å². The Bertz CT molecular complexity index is 930. The fourth-order valence-electron chi connectivity index (χ4n) is 4.76. The maximum absolute atomic E-state index is 7.30. The van der Waals surface area contributed by atoms with Gasteiger partial charge in [0.2, 0.25) is 0 Å². The summed E-state index contributed by atoms with van der Waals surface area (Å²) in [6.07, 6.45) is 11.6. The fourth-order valence-corrected chi connectivity index (χ4v) is 5.16. The minimum absolute atomic E-state index is 0.0176. The van der Waals surface area contributed by atoms with Crippen molar-refractivity contribution >= 4 is 40.3 Å². The zero-order chi connectivity index (χ0) is 22.2. The van der Waals surface area contributed by atoms with Crippen molar-refractivity contribution < 1.29 is 4.74 Å². The first-order valence-electron chi connectivity index (χ1n) is 11.5. The molecule has 1 aliphatic carbocycles. The summed E-state index contributed by atoms with van der Waals surface area (Å²) >= 11 is 4.57. The Balaban J connectivity index is 1.85. The monoisotopic (exact) mass is 526 g/mol. The second kappa shape index (κ2) is 11.5. The van der Waals surface area contributed by atoms with E-state index in [1.807, 2.05) is 0 Å². The van der Waals surface area contributed by atoms with E-state index in [1.54, 1.807) is 0 Å². The van der Waals surface area contributed by atoms with Crippen LogP contribution in [0.25, 0.3) is 0 Å². The van der Waals surface area contributed by atoms with Crippen LogP contribution in [0.3, 0.4) is 0 Å². The van der Waals surface area contributed by atoms with Crippen LogP contribution in [0.4, 0.5) is 0 Å². The van der Waals surface area contributed by atoms with Crippen molar-refractivity contribution in [2.24, 2.45) is 5.92 Å². The standard InChI is InChI=1S/C29H28IO.Li/c30-22-21-28(23-24-13-5-1-6-14-24)31-29(25-15-7-2-8-16-25,26-17-9-3-10-18-26)27-19-11-4-12-20-27;/h1-5,7-12,15-21,24,28H,6,13-14,23H2;. The molecule has 0 aliphatic heterocycles. The van der Waals surface area contributed by atoms with E-state index in [1.165, 1.54) is 15.1 Å². The quantitative estimate of drug-likeness (QED) is 0.127. The molecule has 0 radical (unpaired) electrons. The van der Waals surface area contributed by atoms with E-state index in [0.29, 0.717) is 5.92 Å². The molecule has 0 amide bonds. The molecule has 2 unspecified atom stereocenters. The van der Waals surface area contributed by atoms with Gasteiger partial charge >= 0.3 is 217 Å². The van der Waals surface area contributed by atoms with Crippen molar-refractivity contribution in [2.45, 2.75) is 37.4 Å². The second-order valence-electron chi connectivity index (χ2n) is 8.58. The average molecular weight is 526 g/mol. The Labute approximate surface area is 215 Å². The molecule has 0 heterocycles. The molecule has 3 aromatic carbocycles. The molecule has 0 fully saturated rings. The Morgan fingerprint density at radius 2 is 1.38 bits per heavy atom. The molecule has 1 aliphatic rings. The van der Waals surface area contributed by atoms with Crippen LogP contribution in [0.2, 0.25) is 0 Å². The van der Waals surface area contributed by atoms with Gasteiger partial charge in [0.05, 0.1) is 0 Å². The zero-order valence-electron chi connectivity index (χ0n) is 18.7. The molecule has 3 aromatic rings. The first-order valence-corrected chi connectivity index (χ1v) is 12.6. The fraction of sp³-hybridized carbons (Fsp3) is 0.241. The van der Waals surface area contributed by atoms with Crippen LogP contribution >= 0.6 is 22.6 Å². The molecule has 0 N–H and O–H groups in total. The van der Waals surface area contributed by atoms with Gasteiger partial charge in [0.1, 0.15) is 0 Å². The predicted molar refractivity (Wildman–Crippen MR) is 143 cm³/mol. The molecule has 32 heavy (non-hydrogen) atoms. The van der Waals surface area contributed by atoms with Crippen molar-refractivity contribution in [1.29, 1.82) is 0 Å². The molecule has 158 valence electrons. The van der Waals surface area contributed by atoms with Gasteiger partial charge in [-0.25, -0.2) is 0 Å². The van der Waals surface area contributed by atoms with Crippen molar-refractivity contribution in [3.8, 4) is 0 Å². The molecule has 4 rings (SSSR count). The molecule has 1 nitrogen and oxygen atoms in total. The number of allylic oxidation sites excluding steroid dienone is 2. The number of rotatable bonds is 8. The summed E-state index contributed by atoms with van der Waals surface area (Å²) in [6.45, 7) is 0. The molecule has 3 heteroatoms. The third-order valence-corrected chi connectivity index (χ3v) is 6.59. The Morgan fingerprint density at radius 3 is 1.78 bits per heavy atom. The Hall–Kier alpha value is -1.57. The van der Waals surface area contributed by atoms with E-state index < -0.39 is 5.60 Å². The van der Waals surface area contributed by atoms with Crippen LogP contribution in [0.15, 0.2) is 111 Å². The maximum atomic E-state index is 7.30. The van der Waals surface area contributed by atoms with Crippen molar-refractivity contribution in [3.05, 3.63) is 128 Å². The predicted octanol–water partition coefficient (Wildman–Crippen LogP) is 7.56. The van der Waals surface area contributed by atoms with Gasteiger partial charge in [-0.3, -0.25) is 0 Å². The van der Waals surface area contributed by atoms with Crippen LogP contribution in [-0.2, 0) is 10.3 Å². The molecule has 0 aromatic heterocycles. The van der Waals surface area contributed by atoms with E-state index in [-0.39, 0.29) is 6.10 Å². The van der Waals surface area contributed by atoms with Gasteiger partial charge in [-0.05, 0) is 0 Å². The van der Waals surface area contributed by atoms with E-state index in [4.69, 9.17) is 4.74 Å². The first kappa shape index (κ1) is 23.6. The molecule has 0 spiro atoms. The summed E-state index contributed by atoms with van der Waals surface area (Å²) in [5, 5.41) is 0. The summed E-state index contributed by atoms with van der Waals surface area (Å²) in [7, 11) is 0. The normalized spacial score (nSPS) is 17.8. The Morgan fingerprint density at radius 1 is 0.875 bits per heavy atom. The van der Waals surface area contributed by atoms with E-state index in [9.17, 15) is 0 Å². The van der Waals surface area contributed by atoms with E-state index in [0.717, 1.165) is 29.5 Å². The van der Waals surface area contributed by atoms with Crippen molar-refractivity contribution in [2.75, 3.05) is 0 Å². The van der Waals surface area contributed by atoms with Gasteiger partial charge in [0.15, 0.2) is 0 Å². The van der Waals surface area contributed by atoms with Gasteiger partial charge in [0.25, 0.3) is 0 Å². The number of hydrogen-bond acceptors (Lipinski definition) is 1. The van der Waals surface area contributed by atoms with Crippen LogP contribution < -0.4 is 0 Å². The minimum atomic E-state index is -0.679. The number of ether oxygens (including phenoxy) is 1. The second-order valence-corrected chi connectivity index (χ2v) is 10.3. The SMILES string of the molecule is [Li]/[C](I)=C\C(CC1CC=CCC1)OC(c1ccccc1)(c1ccccc1)c1ccccc1. The third-order valence-electron chi connectivity index (χ3n) is 6.23. The summed E-state index contributed by atoms with van der Waals surface area (Å²) in [6, 6.07) is 32.1. The van der Waals surface area contributed by atoms with Crippen LogP contribution in [0, 0.1) is 5.92 Å². The first-order chi connectivity index (χ1) is 15.7. The van der Waals surface area contributed by atoms with E-state index in [2.05, 4.69) is 150 Å². The average Bonchev–Trinajstić information content (AvgIpc) is 2.84. The third kappa shape index (κ3) is 5.67. The van der Waals surface area contributed by atoms with Gasteiger partial charge < -0.3 is 0 Å². The van der Waals surface area contributed by atoms with E-state index >= 15 is 0 Å². The van der Waals surface area contributed by atoms with Gasteiger partial charge in [-0.2, -0.15) is 0 Å². The summed E-state index contributed by atoms with van der Waals surface area (Å²) in [4.78, 5) is 0. The van der Waals surface area contributed by atoms with Crippen molar-refractivity contribution in [1.82, 2.24) is 0 Å². The van der Waals surface area contributed by atoms with Crippen LogP contribution in [0.5, 0.6) is 0 Å². The number of halogens is 1.